The molecule has 1 atom stereocenters. The van der Waals surface area contributed by atoms with Crippen molar-refractivity contribution in [3.8, 4) is 6.07 Å². The number of aryl methyl sites for hydroxylation is 2. The standard InChI is InChI=1S/C25H24ClN3O3S/c1-14-9-10-20(15(2)11-14)29-21(30)13-33-24-18(12-27)23(17-7-5-6-8-19(17)26)22(16(3)28-24)25(31)32-4/h5-11,23,28H,13H2,1-4H3,(H,29,30)/t23-/m0/s1. The molecular formula is C25H24ClN3O3S. The van der Waals surface area contributed by atoms with Crippen LogP contribution in [0.2, 0.25) is 5.02 Å². The molecule has 1 amide bonds. The smallest absolute Gasteiger partial charge is 0.336 e. The number of dihydropyridines is 1. The second-order valence-corrected chi connectivity index (χ2v) is 9.01. The molecule has 0 saturated heterocycles. The van der Waals surface area contributed by atoms with E-state index in [1.807, 2.05) is 32.0 Å². The molecule has 0 spiro atoms. The van der Waals surface area contributed by atoms with Crippen molar-refractivity contribution in [1.29, 1.82) is 5.26 Å². The first kappa shape index (κ1) is 24.4. The molecule has 2 aromatic rings. The molecule has 8 heteroatoms. The minimum absolute atomic E-state index is 0.0803. The van der Waals surface area contributed by atoms with Crippen LogP contribution in [0.15, 0.2) is 64.3 Å². The number of anilines is 1. The molecule has 0 fully saturated rings. The molecule has 1 heterocycles. The van der Waals surface area contributed by atoms with E-state index in [0.29, 0.717) is 32.5 Å². The number of rotatable bonds is 6. The van der Waals surface area contributed by atoms with E-state index in [-0.39, 0.29) is 11.7 Å². The normalized spacial score (nSPS) is 15.6. The minimum atomic E-state index is -0.706. The molecule has 2 N–H and O–H groups in total. The van der Waals surface area contributed by atoms with Crippen LogP contribution < -0.4 is 10.6 Å². The minimum Gasteiger partial charge on any atom is -0.466 e. The van der Waals surface area contributed by atoms with Crippen molar-refractivity contribution < 1.29 is 14.3 Å². The van der Waals surface area contributed by atoms with E-state index in [1.165, 1.54) is 18.9 Å². The van der Waals surface area contributed by atoms with Crippen LogP contribution in [-0.2, 0) is 14.3 Å². The van der Waals surface area contributed by atoms with E-state index < -0.39 is 11.9 Å². The number of ether oxygens (including phenoxy) is 1. The van der Waals surface area contributed by atoms with Crippen molar-refractivity contribution in [2.45, 2.75) is 26.7 Å². The molecule has 170 valence electrons. The monoisotopic (exact) mass is 481 g/mol. The Bertz CT molecular complexity index is 1210. The van der Waals surface area contributed by atoms with Crippen LogP contribution in [0.25, 0.3) is 0 Å². The van der Waals surface area contributed by atoms with Gasteiger partial charge in [0.2, 0.25) is 5.91 Å². The van der Waals surface area contributed by atoms with Crippen LogP contribution in [0.1, 0.15) is 29.5 Å². The number of carbonyl (C=O) groups is 2. The summed E-state index contributed by atoms with van der Waals surface area (Å²) in [4.78, 5) is 25.2. The molecule has 1 aliphatic rings. The lowest BCUT2D eigenvalue weighted by Gasteiger charge is -2.29. The quantitative estimate of drug-likeness (QED) is 0.551. The van der Waals surface area contributed by atoms with E-state index in [0.717, 1.165) is 16.8 Å². The summed E-state index contributed by atoms with van der Waals surface area (Å²) in [5, 5.41) is 17.0. The van der Waals surface area contributed by atoms with Gasteiger partial charge in [0.25, 0.3) is 0 Å². The van der Waals surface area contributed by atoms with Crippen molar-refractivity contribution in [1.82, 2.24) is 5.32 Å². The Morgan fingerprint density at radius 1 is 1.21 bits per heavy atom. The van der Waals surface area contributed by atoms with Gasteiger partial charge in [-0.1, -0.05) is 59.3 Å². The fourth-order valence-electron chi connectivity index (χ4n) is 3.71. The molecule has 0 saturated carbocycles. The highest BCUT2D eigenvalue weighted by molar-refractivity contribution is 8.03. The van der Waals surface area contributed by atoms with Crippen molar-refractivity contribution >= 4 is 40.9 Å². The summed E-state index contributed by atoms with van der Waals surface area (Å²) in [5.41, 5.74) is 4.61. The van der Waals surface area contributed by atoms with Gasteiger partial charge >= 0.3 is 5.97 Å². The first-order chi connectivity index (χ1) is 15.8. The maximum Gasteiger partial charge on any atom is 0.336 e. The molecular weight excluding hydrogens is 458 g/mol. The maximum atomic E-state index is 12.6. The summed E-state index contributed by atoms with van der Waals surface area (Å²) in [7, 11) is 1.30. The van der Waals surface area contributed by atoms with Gasteiger partial charge in [0.05, 0.1) is 41.0 Å². The predicted octanol–water partition coefficient (Wildman–Crippen LogP) is 5.20. The van der Waals surface area contributed by atoms with Gasteiger partial charge in [0.1, 0.15) is 0 Å². The van der Waals surface area contributed by atoms with Crippen LogP contribution in [0, 0.1) is 25.2 Å². The van der Waals surface area contributed by atoms with Crippen molar-refractivity contribution in [3.63, 3.8) is 0 Å². The van der Waals surface area contributed by atoms with E-state index in [1.54, 1.807) is 31.2 Å². The highest BCUT2D eigenvalue weighted by atomic mass is 35.5. The van der Waals surface area contributed by atoms with Crippen LogP contribution in [0.4, 0.5) is 5.69 Å². The molecule has 0 bridgehead atoms. The number of allylic oxidation sites excluding steroid dienone is 2. The Labute approximate surface area is 202 Å². The Hall–Kier alpha value is -3.21. The van der Waals surface area contributed by atoms with Crippen molar-refractivity contribution in [2.75, 3.05) is 18.2 Å². The number of hydrogen-bond donors (Lipinski definition) is 2. The Balaban J connectivity index is 1.90. The average molecular weight is 482 g/mol. The number of thioether (sulfide) groups is 1. The summed E-state index contributed by atoms with van der Waals surface area (Å²) < 4.78 is 4.98. The van der Waals surface area contributed by atoms with Gasteiger partial charge in [-0.2, -0.15) is 5.26 Å². The van der Waals surface area contributed by atoms with E-state index in [4.69, 9.17) is 16.3 Å². The Kier molecular flexibility index (Phi) is 7.85. The lowest BCUT2D eigenvalue weighted by atomic mass is 9.82. The first-order valence-electron chi connectivity index (χ1n) is 10.2. The summed E-state index contributed by atoms with van der Waals surface area (Å²) in [6.45, 7) is 5.67. The number of benzene rings is 2. The molecule has 3 rings (SSSR count). The van der Waals surface area contributed by atoms with Gasteiger partial charge in [0, 0.05) is 16.4 Å². The lowest BCUT2D eigenvalue weighted by Crippen LogP contribution is -2.29. The summed E-state index contributed by atoms with van der Waals surface area (Å²) in [6.07, 6.45) is 0. The maximum absolute atomic E-state index is 12.6. The van der Waals surface area contributed by atoms with Gasteiger partial charge in [0.15, 0.2) is 0 Å². The Morgan fingerprint density at radius 3 is 2.58 bits per heavy atom. The summed E-state index contributed by atoms with van der Waals surface area (Å²) in [5.74, 6) is -1.37. The topological polar surface area (TPSA) is 91.2 Å². The van der Waals surface area contributed by atoms with Gasteiger partial charge in [-0.05, 0) is 44.0 Å². The zero-order chi connectivity index (χ0) is 24.1. The van der Waals surface area contributed by atoms with Gasteiger partial charge in [-0.3, -0.25) is 4.79 Å². The van der Waals surface area contributed by atoms with Crippen LogP contribution in [-0.4, -0.2) is 24.7 Å². The highest BCUT2D eigenvalue weighted by Gasteiger charge is 2.36. The van der Waals surface area contributed by atoms with Gasteiger partial charge < -0.3 is 15.4 Å². The number of hydrogen-bond acceptors (Lipinski definition) is 6. The highest BCUT2D eigenvalue weighted by Crippen LogP contribution is 2.43. The molecule has 2 aromatic carbocycles. The van der Waals surface area contributed by atoms with E-state index >= 15 is 0 Å². The molecule has 0 unspecified atom stereocenters. The number of methoxy groups -OCH3 is 1. The third-order valence-electron chi connectivity index (χ3n) is 5.27. The third kappa shape index (κ3) is 5.41. The number of nitrogens with one attached hydrogen (secondary N) is 2. The van der Waals surface area contributed by atoms with Crippen LogP contribution >= 0.6 is 23.4 Å². The summed E-state index contributed by atoms with van der Waals surface area (Å²) >= 11 is 7.63. The van der Waals surface area contributed by atoms with Crippen LogP contribution in [0.5, 0.6) is 0 Å². The van der Waals surface area contributed by atoms with Gasteiger partial charge in [-0.25, -0.2) is 4.79 Å². The SMILES string of the molecule is COC(=O)C1=C(C)NC(SCC(=O)Nc2ccc(C)cc2C)=C(C#N)[C@@H]1c1ccccc1Cl. The second kappa shape index (κ2) is 10.6. The lowest BCUT2D eigenvalue weighted by molar-refractivity contribution is -0.136. The van der Waals surface area contributed by atoms with Crippen molar-refractivity contribution in [3.05, 3.63) is 86.0 Å². The fourth-order valence-corrected chi connectivity index (χ4v) is 4.84. The summed E-state index contributed by atoms with van der Waals surface area (Å²) in [6, 6.07) is 15.1. The van der Waals surface area contributed by atoms with E-state index in [2.05, 4.69) is 16.7 Å². The fraction of sp³-hybridized carbons (Fsp3) is 0.240. The zero-order valence-corrected chi connectivity index (χ0v) is 20.4. The molecule has 0 aromatic heterocycles. The average Bonchev–Trinajstić information content (AvgIpc) is 2.79. The zero-order valence-electron chi connectivity index (χ0n) is 18.8. The number of nitriles is 1. The van der Waals surface area contributed by atoms with E-state index in [9.17, 15) is 14.9 Å². The predicted molar refractivity (Wildman–Crippen MR) is 132 cm³/mol. The number of esters is 1. The largest absolute Gasteiger partial charge is 0.466 e. The molecule has 6 nitrogen and oxygen atoms in total. The second-order valence-electron chi connectivity index (χ2n) is 7.62. The first-order valence-corrected chi connectivity index (χ1v) is 11.6. The molecule has 33 heavy (non-hydrogen) atoms. The molecule has 0 aliphatic carbocycles. The van der Waals surface area contributed by atoms with Crippen molar-refractivity contribution in [2.24, 2.45) is 0 Å². The molecule has 1 aliphatic heterocycles. The third-order valence-corrected chi connectivity index (χ3v) is 6.63. The number of amides is 1. The number of nitrogens with zero attached hydrogens (tertiary/aromatic N) is 1. The molecule has 0 radical (unpaired) electrons. The van der Waals surface area contributed by atoms with Gasteiger partial charge in [-0.15, -0.1) is 0 Å². The Morgan fingerprint density at radius 2 is 1.94 bits per heavy atom. The number of halogens is 1. The number of carbonyl (C=O) groups excluding carboxylic acids is 2. The van der Waals surface area contributed by atoms with Crippen LogP contribution in [0.3, 0.4) is 0 Å².